The number of esters is 1. The monoisotopic (exact) mass is 429 g/mol. The molecule has 0 amide bonds. The zero-order valence-electron chi connectivity index (χ0n) is 19.0. The van der Waals surface area contributed by atoms with Gasteiger partial charge in [0.2, 0.25) is 0 Å². The molecule has 0 fully saturated rings. The topological polar surface area (TPSA) is 95.3 Å². The lowest BCUT2D eigenvalue weighted by Gasteiger charge is -2.19. The number of rotatable bonds is 18. The van der Waals surface area contributed by atoms with E-state index in [9.17, 15) is 9.90 Å². The predicted molar refractivity (Wildman–Crippen MR) is 126 cm³/mol. The molecule has 0 aromatic heterocycles. The zero-order valence-corrected chi connectivity index (χ0v) is 19.0. The molecule has 0 aliphatic carbocycles. The van der Waals surface area contributed by atoms with E-state index in [1.54, 1.807) is 30.3 Å². The Balaban J connectivity index is 2.32. The lowest BCUT2D eigenvalue weighted by atomic mass is 10.0. The van der Waals surface area contributed by atoms with E-state index in [2.05, 4.69) is 16.9 Å². The van der Waals surface area contributed by atoms with Gasteiger partial charge in [-0.2, -0.15) is 0 Å². The number of hydrogen-bond donors (Lipinski definition) is 1. The van der Waals surface area contributed by atoms with Crippen LogP contribution >= 0.6 is 0 Å². The van der Waals surface area contributed by atoms with Crippen molar-refractivity contribution in [3.8, 4) is 0 Å². The first-order valence-electron chi connectivity index (χ1n) is 11.8. The van der Waals surface area contributed by atoms with E-state index in [-0.39, 0.29) is 6.61 Å². The maximum absolute atomic E-state index is 12.3. The third-order valence-corrected chi connectivity index (χ3v) is 5.32. The predicted octanol–water partition coefficient (Wildman–Crippen LogP) is 7.14. The highest BCUT2D eigenvalue weighted by Crippen LogP contribution is 2.14. The van der Waals surface area contributed by atoms with E-state index in [1.807, 2.05) is 12.1 Å². The Kier molecular flexibility index (Phi) is 15.9. The Morgan fingerprint density at radius 3 is 2.16 bits per heavy atom. The highest BCUT2D eigenvalue weighted by Gasteiger charge is 2.22. The first-order chi connectivity index (χ1) is 15.2. The van der Waals surface area contributed by atoms with E-state index >= 15 is 0 Å². The molecule has 0 aliphatic rings. The fourth-order valence-corrected chi connectivity index (χ4v) is 3.44. The van der Waals surface area contributed by atoms with Crippen LogP contribution in [0.25, 0.3) is 10.4 Å². The number of ether oxygens (including phenoxy) is 1. The summed E-state index contributed by atoms with van der Waals surface area (Å²) in [5.41, 5.74) is 9.15. The smallest absolute Gasteiger partial charge is 0.338 e. The largest absolute Gasteiger partial charge is 0.454 e. The summed E-state index contributed by atoms with van der Waals surface area (Å²) in [6.07, 6.45) is 18.0. The van der Waals surface area contributed by atoms with Gasteiger partial charge in [-0.15, -0.1) is 0 Å². The normalized spacial score (nSPS) is 13.0. The van der Waals surface area contributed by atoms with Crippen LogP contribution in [0.15, 0.2) is 47.6 Å². The van der Waals surface area contributed by atoms with Gasteiger partial charge < -0.3 is 9.84 Å². The Bertz CT molecular complexity index is 657. The van der Waals surface area contributed by atoms with Gasteiger partial charge in [-0.3, -0.25) is 0 Å². The summed E-state index contributed by atoms with van der Waals surface area (Å²) in [5.74, 6) is -0.503. The summed E-state index contributed by atoms with van der Waals surface area (Å²) in [7, 11) is 0. The summed E-state index contributed by atoms with van der Waals surface area (Å²) >= 11 is 0. The Labute approximate surface area is 187 Å². The van der Waals surface area contributed by atoms with E-state index < -0.39 is 18.1 Å². The number of benzene rings is 1. The Morgan fingerprint density at radius 2 is 1.61 bits per heavy atom. The summed E-state index contributed by atoms with van der Waals surface area (Å²) in [5, 5.41) is 13.1. The number of nitrogens with zero attached hydrogens (tertiary/aromatic N) is 3. The maximum atomic E-state index is 12.3. The fraction of sp³-hybridized carbons (Fsp3) is 0.640. The number of unbranched alkanes of at least 4 members (excludes halogenated alkanes) is 11. The molecule has 172 valence electrons. The van der Waals surface area contributed by atoms with Gasteiger partial charge in [0.1, 0.15) is 12.1 Å². The van der Waals surface area contributed by atoms with Crippen molar-refractivity contribution >= 4 is 5.97 Å². The van der Waals surface area contributed by atoms with Gasteiger partial charge in [0.05, 0.1) is 12.2 Å². The number of allylic oxidation sites excluding steroid dienone is 1. The van der Waals surface area contributed by atoms with E-state index in [0.29, 0.717) is 5.56 Å². The summed E-state index contributed by atoms with van der Waals surface area (Å²) in [6, 6.07) is 7.81. The first-order valence-corrected chi connectivity index (χ1v) is 11.8. The van der Waals surface area contributed by atoms with Crippen LogP contribution in [0.2, 0.25) is 0 Å². The molecule has 31 heavy (non-hydrogen) atoms. The molecule has 1 aromatic carbocycles. The van der Waals surface area contributed by atoms with Gasteiger partial charge in [-0.25, -0.2) is 4.79 Å². The molecule has 2 atom stereocenters. The molecule has 6 heteroatoms. The molecule has 0 aliphatic heterocycles. The minimum atomic E-state index is -0.841. The quantitative estimate of drug-likeness (QED) is 0.0670. The van der Waals surface area contributed by atoms with Crippen LogP contribution in [0.4, 0.5) is 0 Å². The zero-order chi connectivity index (χ0) is 22.6. The van der Waals surface area contributed by atoms with Crippen LogP contribution in [-0.2, 0) is 4.74 Å². The van der Waals surface area contributed by atoms with Gasteiger partial charge in [-0.05, 0) is 36.6 Å². The molecule has 1 N–H and O–H groups in total. The van der Waals surface area contributed by atoms with Crippen LogP contribution in [0, 0.1) is 0 Å². The van der Waals surface area contributed by atoms with Crippen LogP contribution in [0.1, 0.15) is 94.3 Å². The van der Waals surface area contributed by atoms with Crippen LogP contribution < -0.4 is 0 Å². The van der Waals surface area contributed by atoms with Gasteiger partial charge in [-0.1, -0.05) is 101 Å². The van der Waals surface area contributed by atoms with Crippen molar-refractivity contribution in [2.24, 2.45) is 5.11 Å². The number of aliphatic hydroxyl groups is 1. The third-order valence-electron chi connectivity index (χ3n) is 5.32. The number of azide groups is 1. The molecule has 0 bridgehead atoms. The third kappa shape index (κ3) is 12.9. The van der Waals surface area contributed by atoms with Crippen LogP contribution in [0.5, 0.6) is 0 Å². The molecule has 6 nitrogen and oxygen atoms in total. The molecule has 0 saturated heterocycles. The van der Waals surface area contributed by atoms with Crippen molar-refractivity contribution in [1.82, 2.24) is 0 Å². The lowest BCUT2D eigenvalue weighted by Crippen LogP contribution is -2.31. The minimum absolute atomic E-state index is 0.389. The fourth-order valence-electron chi connectivity index (χ4n) is 3.44. The highest BCUT2D eigenvalue weighted by molar-refractivity contribution is 5.89. The molecule has 0 unspecified atom stereocenters. The Hall–Kier alpha value is -2.30. The van der Waals surface area contributed by atoms with Crippen molar-refractivity contribution < 1.29 is 14.6 Å². The molecule has 0 saturated carbocycles. The van der Waals surface area contributed by atoms with Crippen LogP contribution in [0.3, 0.4) is 0 Å². The molecule has 0 spiro atoms. The van der Waals surface area contributed by atoms with Crippen molar-refractivity contribution in [2.45, 2.75) is 96.1 Å². The van der Waals surface area contributed by atoms with E-state index in [1.165, 1.54) is 64.2 Å². The highest BCUT2D eigenvalue weighted by atomic mass is 16.5. The van der Waals surface area contributed by atoms with E-state index in [0.717, 1.165) is 12.8 Å². The molecule has 0 heterocycles. The molecule has 1 aromatic rings. The van der Waals surface area contributed by atoms with Crippen molar-refractivity contribution in [2.75, 3.05) is 6.61 Å². The minimum Gasteiger partial charge on any atom is -0.454 e. The average Bonchev–Trinajstić information content (AvgIpc) is 2.80. The summed E-state index contributed by atoms with van der Waals surface area (Å²) in [4.78, 5) is 15.1. The van der Waals surface area contributed by atoms with Gasteiger partial charge in [0.15, 0.2) is 0 Å². The number of hydrogen-bond acceptors (Lipinski definition) is 4. The second-order valence-electron chi connectivity index (χ2n) is 7.94. The Morgan fingerprint density at radius 1 is 1.03 bits per heavy atom. The number of carbonyl (C=O) groups is 1. The number of carbonyl (C=O) groups excluding carboxylic acids is 1. The lowest BCUT2D eigenvalue weighted by molar-refractivity contribution is 0.0304. The van der Waals surface area contributed by atoms with E-state index in [4.69, 9.17) is 10.3 Å². The van der Waals surface area contributed by atoms with Crippen molar-refractivity contribution in [3.05, 3.63) is 58.5 Å². The second-order valence-corrected chi connectivity index (χ2v) is 7.94. The average molecular weight is 430 g/mol. The molecule has 1 rings (SSSR count). The number of aliphatic hydroxyl groups excluding tert-OH is 1. The molecule has 0 radical (unpaired) electrons. The molecular weight excluding hydrogens is 390 g/mol. The van der Waals surface area contributed by atoms with Gasteiger partial charge in [0, 0.05) is 4.91 Å². The maximum Gasteiger partial charge on any atom is 0.338 e. The molecular formula is C25H39N3O3. The van der Waals surface area contributed by atoms with Gasteiger partial charge >= 0.3 is 5.97 Å². The summed E-state index contributed by atoms with van der Waals surface area (Å²) < 4.78 is 5.50. The SMILES string of the molecule is CCCCCCCCCCCCC/C=C/[C@H](OC(=O)c1ccccc1)[C@@H](CO)N=[N+]=[N-]. The second kappa shape index (κ2) is 18.5. The summed E-state index contributed by atoms with van der Waals surface area (Å²) in [6.45, 7) is 1.86. The first kappa shape index (κ1) is 26.7. The standard InChI is InChI=1S/C25H39N3O3/c1-2-3-4-5-6-7-8-9-10-11-12-13-17-20-24(23(21-29)27-28-26)31-25(30)22-18-15-14-16-19-22/h14-20,23-24,29H,2-13,21H2,1H3/b20-17+/t23-,24+/m1/s1. The van der Waals surface area contributed by atoms with Gasteiger partial charge in [0.25, 0.3) is 0 Å². The van der Waals surface area contributed by atoms with Crippen molar-refractivity contribution in [1.29, 1.82) is 0 Å². The van der Waals surface area contributed by atoms with Crippen molar-refractivity contribution in [3.63, 3.8) is 0 Å². The van der Waals surface area contributed by atoms with Crippen LogP contribution in [-0.4, -0.2) is 29.8 Å².